The molecule has 0 bridgehead atoms. The van der Waals surface area contributed by atoms with Gasteiger partial charge in [0.25, 0.3) is 0 Å². The van der Waals surface area contributed by atoms with Gasteiger partial charge in [-0.25, -0.2) is 0 Å². The highest BCUT2D eigenvalue weighted by Crippen LogP contribution is 2.56. The summed E-state index contributed by atoms with van der Waals surface area (Å²) >= 11 is 0. The van der Waals surface area contributed by atoms with Crippen molar-refractivity contribution in [1.82, 2.24) is 4.57 Å². The molecule has 0 fully saturated rings. The molecule has 0 amide bonds. The van der Waals surface area contributed by atoms with Gasteiger partial charge in [-0.3, -0.25) is 0 Å². The maximum Gasteiger partial charge on any atom is 0.134 e. The lowest BCUT2D eigenvalue weighted by molar-refractivity contribution is 0.271. The van der Waals surface area contributed by atoms with Crippen molar-refractivity contribution in [3.63, 3.8) is 0 Å². The van der Waals surface area contributed by atoms with E-state index in [0.717, 1.165) is 22.8 Å². The van der Waals surface area contributed by atoms with E-state index in [1.54, 1.807) is 0 Å². The van der Waals surface area contributed by atoms with Crippen LogP contribution in [0.1, 0.15) is 36.5 Å². The molecule has 3 aliphatic rings. The van der Waals surface area contributed by atoms with Gasteiger partial charge >= 0.3 is 0 Å². The van der Waals surface area contributed by atoms with E-state index >= 15 is 0 Å². The molecule has 0 spiro atoms. The highest BCUT2D eigenvalue weighted by atomic mass is 16.5. The van der Waals surface area contributed by atoms with Gasteiger partial charge < -0.3 is 14.2 Å². The summed E-state index contributed by atoms with van der Waals surface area (Å²) in [5.74, 6) is 1.26. The van der Waals surface area contributed by atoms with Crippen LogP contribution in [0.2, 0.25) is 0 Å². The molecule has 3 heteroatoms. The highest BCUT2D eigenvalue weighted by Gasteiger charge is 2.42. The molecule has 1 aromatic heterocycles. The minimum atomic E-state index is -0.268. The van der Waals surface area contributed by atoms with Crippen molar-refractivity contribution < 1.29 is 4.74 Å². The Kier molecular flexibility index (Phi) is 6.13. The van der Waals surface area contributed by atoms with Crippen LogP contribution in [-0.4, -0.2) is 10.7 Å². The second-order valence-electron chi connectivity index (χ2n) is 14.9. The van der Waals surface area contributed by atoms with Crippen LogP contribution in [-0.2, 0) is 5.41 Å². The predicted octanol–water partition coefficient (Wildman–Crippen LogP) is 12.7. The topological polar surface area (TPSA) is 17.4 Å². The molecule has 8 aromatic rings. The van der Waals surface area contributed by atoms with Gasteiger partial charge in [0.1, 0.15) is 11.9 Å². The number of ether oxygens (including phenoxy) is 1. The average Bonchev–Trinajstić information content (AvgIpc) is 3.74. The minimum Gasteiger partial charge on any atom is -0.484 e. The maximum atomic E-state index is 6.77. The van der Waals surface area contributed by atoms with Crippen molar-refractivity contribution in [1.29, 1.82) is 0 Å². The van der Waals surface area contributed by atoms with E-state index in [2.05, 4.69) is 193 Å². The van der Waals surface area contributed by atoms with Gasteiger partial charge in [-0.15, -0.1) is 0 Å². The number of benzene rings is 7. The van der Waals surface area contributed by atoms with E-state index in [-0.39, 0.29) is 17.4 Å². The molecule has 3 nitrogen and oxygen atoms in total. The molecule has 11 rings (SSSR count). The Morgan fingerprint density at radius 2 is 1.33 bits per heavy atom. The van der Waals surface area contributed by atoms with Gasteiger partial charge in [-0.2, -0.15) is 0 Å². The molecule has 52 heavy (non-hydrogen) atoms. The number of para-hydroxylation sites is 2. The first-order valence-electron chi connectivity index (χ1n) is 18.3. The van der Waals surface area contributed by atoms with Crippen LogP contribution in [0, 0.1) is 0 Å². The van der Waals surface area contributed by atoms with Gasteiger partial charge in [-0.05, 0) is 93.7 Å². The zero-order valence-electron chi connectivity index (χ0n) is 29.1. The Morgan fingerprint density at radius 1 is 0.615 bits per heavy atom. The smallest absolute Gasteiger partial charge is 0.134 e. The summed E-state index contributed by atoms with van der Waals surface area (Å²) < 4.78 is 9.27. The van der Waals surface area contributed by atoms with E-state index in [1.807, 2.05) is 0 Å². The first kappa shape index (κ1) is 29.4. The third-order valence-electron chi connectivity index (χ3n) is 11.7. The molecule has 0 saturated heterocycles. The summed E-state index contributed by atoms with van der Waals surface area (Å²) in [6, 6.07) is 53.3. The maximum absolute atomic E-state index is 6.77. The zero-order chi connectivity index (χ0) is 34.6. The van der Waals surface area contributed by atoms with Crippen molar-refractivity contribution in [2.24, 2.45) is 0 Å². The van der Waals surface area contributed by atoms with Crippen LogP contribution < -0.4 is 9.64 Å². The van der Waals surface area contributed by atoms with E-state index < -0.39 is 0 Å². The molecular formula is C49H36N2O. The molecule has 3 heterocycles. The Balaban J connectivity index is 1.10. The van der Waals surface area contributed by atoms with Crippen molar-refractivity contribution in [2.45, 2.75) is 31.3 Å². The SMILES string of the molecule is CC1(C)c2cc(N(c3ccccc3)c3ccc(-c4cccc5ccccc45)cc3)ccc2-n2c3ccccc3c3c4c(cc1c32)C1C=CC=CC1O4. The second-order valence-corrected chi connectivity index (χ2v) is 14.9. The average molecular weight is 669 g/mol. The third-order valence-corrected chi connectivity index (χ3v) is 11.7. The number of fused-ring (bicyclic) bond motifs is 10. The number of nitrogens with zero attached hydrogens (tertiary/aromatic N) is 2. The molecule has 1 aliphatic carbocycles. The number of hydrogen-bond donors (Lipinski definition) is 0. The quantitative estimate of drug-likeness (QED) is 0.186. The van der Waals surface area contributed by atoms with Crippen LogP contribution in [0.5, 0.6) is 5.75 Å². The zero-order valence-corrected chi connectivity index (χ0v) is 29.1. The molecule has 7 aromatic carbocycles. The summed E-state index contributed by atoms with van der Waals surface area (Å²) in [5.41, 5.74) is 13.2. The van der Waals surface area contributed by atoms with E-state index in [9.17, 15) is 0 Å². The Labute approximate surface area is 303 Å². The fraction of sp³-hybridized carbons (Fsp3) is 0.102. The van der Waals surface area contributed by atoms with E-state index in [0.29, 0.717) is 0 Å². The largest absolute Gasteiger partial charge is 0.484 e. The molecule has 2 atom stereocenters. The number of aromatic nitrogens is 1. The van der Waals surface area contributed by atoms with Crippen molar-refractivity contribution >= 4 is 49.6 Å². The number of allylic oxidation sites excluding steroid dienone is 2. The molecule has 0 radical (unpaired) electrons. The highest BCUT2D eigenvalue weighted by molar-refractivity contribution is 6.15. The summed E-state index contributed by atoms with van der Waals surface area (Å²) in [6.45, 7) is 4.79. The van der Waals surface area contributed by atoms with Gasteiger partial charge in [-0.1, -0.05) is 123 Å². The summed E-state index contributed by atoms with van der Waals surface area (Å²) in [6.07, 6.45) is 8.82. The van der Waals surface area contributed by atoms with Crippen LogP contribution in [0.3, 0.4) is 0 Å². The fourth-order valence-corrected chi connectivity index (χ4v) is 9.17. The normalized spacial score (nSPS) is 17.6. The second kappa shape index (κ2) is 10.8. The Hall–Kier alpha value is -6.32. The Bertz CT molecular complexity index is 2800. The van der Waals surface area contributed by atoms with Crippen molar-refractivity contribution in [3.8, 4) is 22.6 Å². The van der Waals surface area contributed by atoms with E-state index in [1.165, 1.54) is 66.1 Å². The first-order valence-corrected chi connectivity index (χ1v) is 18.3. The number of rotatable bonds is 4. The fourth-order valence-electron chi connectivity index (χ4n) is 9.17. The van der Waals surface area contributed by atoms with Gasteiger partial charge in [0.2, 0.25) is 0 Å². The summed E-state index contributed by atoms with van der Waals surface area (Å²) in [5, 5.41) is 5.00. The number of anilines is 3. The summed E-state index contributed by atoms with van der Waals surface area (Å²) in [4.78, 5) is 2.39. The number of hydrogen-bond acceptors (Lipinski definition) is 2. The van der Waals surface area contributed by atoms with Crippen molar-refractivity contribution in [2.75, 3.05) is 4.90 Å². The Morgan fingerprint density at radius 3 is 2.19 bits per heavy atom. The molecule has 2 unspecified atom stereocenters. The standard InChI is InChI=1S/C49H36N2O/c1-49(2)41-29-35(50(33-15-4-3-5-16-33)34-25-23-32(24-26-34)37-20-12-14-31-13-6-7-17-36(31)37)27-28-44(41)51-43-21-10-8-19-39(43)46-47(51)42(49)30-40-38-18-9-11-22-45(38)52-48(40)46/h3-30,38,45H,1-2H3. The van der Waals surface area contributed by atoms with Crippen LogP contribution in [0.25, 0.3) is 49.4 Å². The monoisotopic (exact) mass is 668 g/mol. The first-order chi connectivity index (χ1) is 25.6. The molecular weight excluding hydrogens is 633 g/mol. The lowest BCUT2D eigenvalue weighted by atomic mass is 9.73. The van der Waals surface area contributed by atoms with Gasteiger partial charge in [0, 0.05) is 39.3 Å². The van der Waals surface area contributed by atoms with Gasteiger partial charge in [0.05, 0.1) is 22.1 Å². The van der Waals surface area contributed by atoms with Crippen LogP contribution >= 0.6 is 0 Å². The van der Waals surface area contributed by atoms with E-state index in [4.69, 9.17) is 4.74 Å². The molecule has 248 valence electrons. The molecule has 0 N–H and O–H groups in total. The lowest BCUT2D eigenvalue weighted by Gasteiger charge is -2.36. The summed E-state index contributed by atoms with van der Waals surface area (Å²) in [7, 11) is 0. The lowest BCUT2D eigenvalue weighted by Crippen LogP contribution is -2.27. The minimum absolute atomic E-state index is 0.0323. The van der Waals surface area contributed by atoms with Crippen LogP contribution in [0.15, 0.2) is 170 Å². The molecule has 2 aliphatic heterocycles. The molecule has 0 saturated carbocycles. The van der Waals surface area contributed by atoms with Crippen LogP contribution in [0.4, 0.5) is 17.1 Å². The van der Waals surface area contributed by atoms with Crippen molar-refractivity contribution in [3.05, 3.63) is 187 Å². The third kappa shape index (κ3) is 4.08. The van der Waals surface area contributed by atoms with Gasteiger partial charge in [0.15, 0.2) is 0 Å². The predicted molar refractivity (Wildman–Crippen MR) is 216 cm³/mol.